The summed E-state index contributed by atoms with van der Waals surface area (Å²) in [4.78, 5) is 10.9. The van der Waals surface area contributed by atoms with Crippen molar-refractivity contribution < 1.29 is 0 Å². The molecule has 0 saturated carbocycles. The topological polar surface area (TPSA) is 67.1 Å². The number of aromatic nitrogens is 2. The summed E-state index contributed by atoms with van der Waals surface area (Å²) in [5.41, 5.74) is 9.75. The van der Waals surface area contributed by atoms with Crippen molar-refractivity contribution in [3.8, 4) is 11.3 Å². The minimum atomic E-state index is 0.301. The van der Waals surface area contributed by atoms with Gasteiger partial charge in [0.25, 0.3) is 0 Å². The minimum absolute atomic E-state index is 0.301. The number of benzene rings is 2. The zero-order chi connectivity index (χ0) is 16.9. The summed E-state index contributed by atoms with van der Waals surface area (Å²) in [6.07, 6.45) is 1.11. The normalized spacial score (nSPS) is 11.1. The van der Waals surface area contributed by atoms with Gasteiger partial charge in [-0.25, -0.2) is 9.97 Å². The van der Waals surface area contributed by atoms with Crippen LogP contribution in [0.3, 0.4) is 0 Å². The Bertz CT molecular complexity index is 812. The zero-order valence-electron chi connectivity index (χ0n) is 14.2. The molecule has 3 rings (SSSR count). The molecular weight excluding hydrogens is 298 g/mol. The predicted molar refractivity (Wildman–Crippen MR) is 101 cm³/mol. The SMILES string of the molecule is CN(C)CCCNc1ccc(-c2nc(N)nc3ccccc23)cc1. The summed E-state index contributed by atoms with van der Waals surface area (Å²) < 4.78 is 0. The molecule has 1 heterocycles. The highest BCUT2D eigenvalue weighted by molar-refractivity contribution is 5.93. The molecule has 1 aromatic heterocycles. The highest BCUT2D eigenvalue weighted by atomic mass is 15.1. The van der Waals surface area contributed by atoms with Crippen LogP contribution in [-0.2, 0) is 0 Å². The molecule has 124 valence electrons. The van der Waals surface area contributed by atoms with Crippen molar-refractivity contribution in [3.05, 3.63) is 48.5 Å². The third kappa shape index (κ3) is 3.81. The van der Waals surface area contributed by atoms with Crippen LogP contribution in [0.1, 0.15) is 6.42 Å². The van der Waals surface area contributed by atoms with Crippen LogP contribution in [0.25, 0.3) is 22.2 Å². The van der Waals surface area contributed by atoms with Crippen molar-refractivity contribution in [2.24, 2.45) is 0 Å². The molecule has 0 amide bonds. The van der Waals surface area contributed by atoms with Gasteiger partial charge in [0.05, 0.1) is 11.2 Å². The van der Waals surface area contributed by atoms with E-state index in [2.05, 4.69) is 58.5 Å². The number of hydrogen-bond acceptors (Lipinski definition) is 5. The molecule has 0 aliphatic carbocycles. The van der Waals surface area contributed by atoms with Gasteiger partial charge >= 0.3 is 0 Å². The Balaban J connectivity index is 1.79. The Hall–Kier alpha value is -2.66. The fourth-order valence-corrected chi connectivity index (χ4v) is 2.69. The Morgan fingerprint density at radius 2 is 1.75 bits per heavy atom. The minimum Gasteiger partial charge on any atom is -0.385 e. The van der Waals surface area contributed by atoms with E-state index in [1.807, 2.05) is 24.3 Å². The lowest BCUT2D eigenvalue weighted by Gasteiger charge is -2.11. The Morgan fingerprint density at radius 1 is 1.00 bits per heavy atom. The largest absolute Gasteiger partial charge is 0.385 e. The van der Waals surface area contributed by atoms with E-state index in [4.69, 9.17) is 5.73 Å². The molecule has 24 heavy (non-hydrogen) atoms. The van der Waals surface area contributed by atoms with Crippen LogP contribution in [-0.4, -0.2) is 42.1 Å². The maximum absolute atomic E-state index is 5.86. The van der Waals surface area contributed by atoms with E-state index >= 15 is 0 Å². The summed E-state index contributed by atoms with van der Waals surface area (Å²) >= 11 is 0. The van der Waals surface area contributed by atoms with Crippen LogP contribution >= 0.6 is 0 Å². The first kappa shape index (κ1) is 16.2. The van der Waals surface area contributed by atoms with E-state index in [1.54, 1.807) is 0 Å². The summed E-state index contributed by atoms with van der Waals surface area (Å²) in [5, 5.41) is 4.46. The molecule has 0 bridgehead atoms. The van der Waals surface area contributed by atoms with Crippen LogP contribution in [0, 0.1) is 0 Å². The van der Waals surface area contributed by atoms with Crippen LogP contribution in [0.15, 0.2) is 48.5 Å². The number of para-hydroxylation sites is 1. The molecule has 3 aromatic rings. The number of fused-ring (bicyclic) bond motifs is 1. The maximum atomic E-state index is 5.86. The fourth-order valence-electron chi connectivity index (χ4n) is 2.69. The fraction of sp³-hybridized carbons (Fsp3) is 0.263. The van der Waals surface area contributed by atoms with Crippen molar-refractivity contribution in [2.75, 3.05) is 38.2 Å². The molecule has 0 spiro atoms. The number of nitrogens with one attached hydrogen (secondary N) is 1. The van der Waals surface area contributed by atoms with Crippen LogP contribution in [0.2, 0.25) is 0 Å². The van der Waals surface area contributed by atoms with Gasteiger partial charge in [-0.05, 0) is 45.3 Å². The monoisotopic (exact) mass is 321 g/mol. The van der Waals surface area contributed by atoms with Gasteiger partial charge in [0.1, 0.15) is 0 Å². The lowest BCUT2D eigenvalue weighted by Crippen LogP contribution is -2.16. The quantitative estimate of drug-likeness (QED) is 0.682. The number of rotatable bonds is 6. The van der Waals surface area contributed by atoms with Gasteiger partial charge < -0.3 is 16.0 Å². The molecular formula is C19H23N5. The molecule has 0 unspecified atom stereocenters. The molecule has 0 fully saturated rings. The van der Waals surface area contributed by atoms with Gasteiger partial charge in [-0.15, -0.1) is 0 Å². The molecule has 3 N–H and O–H groups in total. The third-order valence-electron chi connectivity index (χ3n) is 3.89. The molecule has 0 atom stereocenters. The standard InChI is InChI=1S/C19H23N5/c1-24(2)13-5-12-21-15-10-8-14(9-11-15)18-16-6-3-4-7-17(16)22-19(20)23-18/h3-4,6-11,21H,5,12-13H2,1-2H3,(H2,20,22,23). The van der Waals surface area contributed by atoms with Gasteiger partial charge in [-0.3, -0.25) is 0 Å². The van der Waals surface area contributed by atoms with Crippen molar-refractivity contribution in [2.45, 2.75) is 6.42 Å². The maximum Gasteiger partial charge on any atom is 0.221 e. The summed E-state index contributed by atoms with van der Waals surface area (Å²) in [7, 11) is 4.18. The molecule has 0 aliphatic rings. The summed E-state index contributed by atoms with van der Waals surface area (Å²) in [6, 6.07) is 16.2. The van der Waals surface area contributed by atoms with E-state index in [0.717, 1.165) is 47.4 Å². The lowest BCUT2D eigenvalue weighted by molar-refractivity contribution is 0.405. The second-order valence-electron chi connectivity index (χ2n) is 6.11. The number of hydrogen-bond donors (Lipinski definition) is 2. The van der Waals surface area contributed by atoms with E-state index in [9.17, 15) is 0 Å². The predicted octanol–water partition coefficient (Wildman–Crippen LogP) is 3.24. The van der Waals surface area contributed by atoms with Crippen LogP contribution in [0.4, 0.5) is 11.6 Å². The summed E-state index contributed by atoms with van der Waals surface area (Å²) in [6.45, 7) is 2.04. The first-order valence-corrected chi connectivity index (χ1v) is 8.15. The van der Waals surface area contributed by atoms with Crippen LogP contribution in [0.5, 0.6) is 0 Å². The van der Waals surface area contributed by atoms with Gasteiger partial charge in [0, 0.05) is 23.2 Å². The first-order chi connectivity index (χ1) is 11.6. The highest BCUT2D eigenvalue weighted by Crippen LogP contribution is 2.27. The number of nitrogens with zero attached hydrogens (tertiary/aromatic N) is 3. The average molecular weight is 321 g/mol. The molecule has 5 heteroatoms. The second kappa shape index (κ2) is 7.27. The second-order valence-corrected chi connectivity index (χ2v) is 6.11. The van der Waals surface area contributed by atoms with Gasteiger partial charge in [-0.2, -0.15) is 0 Å². The molecule has 0 saturated heterocycles. The van der Waals surface area contributed by atoms with E-state index in [-0.39, 0.29) is 0 Å². The third-order valence-corrected chi connectivity index (χ3v) is 3.89. The van der Waals surface area contributed by atoms with Crippen molar-refractivity contribution in [1.82, 2.24) is 14.9 Å². The van der Waals surface area contributed by atoms with E-state index < -0.39 is 0 Å². The molecule has 0 radical (unpaired) electrons. The van der Waals surface area contributed by atoms with Gasteiger partial charge in [-0.1, -0.05) is 30.3 Å². The van der Waals surface area contributed by atoms with E-state index in [0.29, 0.717) is 5.95 Å². The Kier molecular flexibility index (Phi) is 4.91. The zero-order valence-corrected chi connectivity index (χ0v) is 14.2. The summed E-state index contributed by atoms with van der Waals surface area (Å²) in [5.74, 6) is 0.301. The van der Waals surface area contributed by atoms with Gasteiger partial charge in [0.2, 0.25) is 5.95 Å². The van der Waals surface area contributed by atoms with Crippen molar-refractivity contribution in [3.63, 3.8) is 0 Å². The molecule has 5 nitrogen and oxygen atoms in total. The number of anilines is 2. The van der Waals surface area contributed by atoms with E-state index in [1.165, 1.54) is 0 Å². The number of nitrogens with two attached hydrogens (primary N) is 1. The number of nitrogen functional groups attached to an aromatic ring is 1. The smallest absolute Gasteiger partial charge is 0.221 e. The molecule has 2 aromatic carbocycles. The Morgan fingerprint density at radius 3 is 2.50 bits per heavy atom. The Labute approximate surface area is 142 Å². The average Bonchev–Trinajstić information content (AvgIpc) is 2.58. The lowest BCUT2D eigenvalue weighted by atomic mass is 10.1. The van der Waals surface area contributed by atoms with Crippen molar-refractivity contribution in [1.29, 1.82) is 0 Å². The van der Waals surface area contributed by atoms with Crippen molar-refractivity contribution >= 4 is 22.5 Å². The first-order valence-electron chi connectivity index (χ1n) is 8.15. The van der Waals surface area contributed by atoms with Crippen LogP contribution < -0.4 is 11.1 Å². The highest BCUT2D eigenvalue weighted by Gasteiger charge is 2.08. The van der Waals surface area contributed by atoms with Gasteiger partial charge in [0.15, 0.2) is 0 Å². The molecule has 0 aliphatic heterocycles.